The van der Waals surface area contributed by atoms with E-state index in [0.717, 1.165) is 12.1 Å². The second-order valence-electron chi connectivity index (χ2n) is 7.91. The fourth-order valence-corrected chi connectivity index (χ4v) is 3.53. The third kappa shape index (κ3) is 5.82. The molecule has 2 fully saturated rings. The second kappa shape index (κ2) is 8.95. The van der Waals surface area contributed by atoms with E-state index in [1.165, 1.54) is 6.07 Å². The molecule has 2 amide bonds. The third-order valence-electron chi connectivity index (χ3n) is 5.10. The number of carbonyl (C=O) groups is 2. The van der Waals surface area contributed by atoms with Gasteiger partial charge in [-0.25, -0.2) is 8.78 Å². The van der Waals surface area contributed by atoms with Crippen LogP contribution < -0.4 is 20.7 Å². The van der Waals surface area contributed by atoms with Crippen molar-refractivity contribution in [2.75, 3.05) is 13.1 Å². The minimum Gasteiger partial charge on any atom is -0.403 e. The minimum absolute atomic E-state index is 0.131. The summed E-state index contributed by atoms with van der Waals surface area (Å²) < 4.78 is 67.9. The van der Waals surface area contributed by atoms with Crippen LogP contribution in [0, 0.1) is 11.7 Å². The lowest BCUT2D eigenvalue weighted by molar-refractivity contribution is -0.275. The number of nitrogens with one attached hydrogen (secondary N) is 3. The van der Waals surface area contributed by atoms with Crippen LogP contribution in [0.25, 0.3) is 0 Å². The fraction of sp³-hybridized carbons (Fsp3) is 0.579. The Morgan fingerprint density at radius 1 is 1.29 bits per heavy atom. The molecule has 0 aromatic heterocycles. The van der Waals surface area contributed by atoms with Crippen molar-refractivity contribution in [3.63, 3.8) is 0 Å². The smallest absolute Gasteiger partial charge is 0.403 e. The first-order valence-corrected chi connectivity index (χ1v) is 9.72. The van der Waals surface area contributed by atoms with Crippen molar-refractivity contribution in [1.82, 2.24) is 20.9 Å². The molecule has 1 aromatic rings. The van der Waals surface area contributed by atoms with Crippen molar-refractivity contribution in [1.29, 1.82) is 0 Å². The first-order valence-electron chi connectivity index (χ1n) is 9.72. The van der Waals surface area contributed by atoms with E-state index in [1.54, 1.807) is 18.7 Å². The van der Waals surface area contributed by atoms with Gasteiger partial charge in [0.15, 0.2) is 11.6 Å². The highest BCUT2D eigenvalue weighted by molar-refractivity contribution is 5.89. The summed E-state index contributed by atoms with van der Waals surface area (Å²) in [6, 6.07) is 1.32. The van der Waals surface area contributed by atoms with Crippen molar-refractivity contribution in [3.05, 3.63) is 29.6 Å². The number of benzene rings is 1. The number of likely N-dealkylation sites (tertiary alicyclic amines) is 1. The van der Waals surface area contributed by atoms with Crippen LogP contribution in [-0.4, -0.2) is 54.7 Å². The van der Waals surface area contributed by atoms with E-state index in [9.17, 15) is 31.5 Å². The number of halogens is 5. The van der Waals surface area contributed by atoms with Crippen molar-refractivity contribution >= 4 is 11.8 Å². The second-order valence-corrected chi connectivity index (χ2v) is 7.91. The molecule has 3 rings (SSSR count). The van der Waals surface area contributed by atoms with Gasteiger partial charge >= 0.3 is 6.36 Å². The van der Waals surface area contributed by atoms with Gasteiger partial charge in [-0.2, -0.15) is 0 Å². The first-order chi connectivity index (χ1) is 14.4. The first kappa shape index (κ1) is 23.2. The number of hydrogen-bond acceptors (Lipinski definition) is 5. The predicted molar refractivity (Wildman–Crippen MR) is 98.7 cm³/mol. The number of amides is 2. The minimum atomic E-state index is -5.03. The lowest BCUT2D eigenvalue weighted by Gasteiger charge is -2.44. The molecule has 3 atom stereocenters. The monoisotopic (exact) mass is 450 g/mol. The molecule has 2 heterocycles. The maximum Gasteiger partial charge on any atom is 0.573 e. The zero-order valence-corrected chi connectivity index (χ0v) is 16.8. The number of carbonyl (C=O) groups excluding carboxylic acids is 2. The Balaban J connectivity index is 1.70. The summed E-state index contributed by atoms with van der Waals surface area (Å²) >= 11 is 0. The highest BCUT2D eigenvalue weighted by Crippen LogP contribution is 2.30. The number of rotatable bonds is 6. The van der Waals surface area contributed by atoms with Gasteiger partial charge in [0, 0.05) is 13.1 Å². The Morgan fingerprint density at radius 2 is 1.97 bits per heavy atom. The maximum absolute atomic E-state index is 14.1. The van der Waals surface area contributed by atoms with Crippen LogP contribution in [0.4, 0.5) is 22.0 Å². The summed E-state index contributed by atoms with van der Waals surface area (Å²) in [4.78, 5) is 26.4. The highest BCUT2D eigenvalue weighted by Gasteiger charge is 2.39. The van der Waals surface area contributed by atoms with E-state index < -0.39 is 48.4 Å². The Hall–Kier alpha value is -2.47. The number of ether oxygens (including phenoxy) is 1. The summed E-state index contributed by atoms with van der Waals surface area (Å²) in [6.07, 6.45) is -6.85. The van der Waals surface area contributed by atoms with E-state index >= 15 is 0 Å². The fourth-order valence-electron chi connectivity index (χ4n) is 3.53. The van der Waals surface area contributed by atoms with Crippen LogP contribution in [0.1, 0.15) is 31.9 Å². The molecule has 2 aliphatic rings. The molecule has 172 valence electrons. The largest absolute Gasteiger partial charge is 0.573 e. The molecule has 0 radical (unpaired) electrons. The zero-order valence-electron chi connectivity index (χ0n) is 16.8. The molecule has 0 aliphatic carbocycles. The van der Waals surface area contributed by atoms with Gasteiger partial charge in [-0.1, -0.05) is 19.9 Å². The van der Waals surface area contributed by atoms with Gasteiger partial charge in [0.2, 0.25) is 11.8 Å². The molecule has 1 aromatic carbocycles. The molecule has 0 spiro atoms. The summed E-state index contributed by atoms with van der Waals surface area (Å²) in [5.41, 5.74) is 0.246. The van der Waals surface area contributed by atoms with Gasteiger partial charge in [-0.15, -0.1) is 13.2 Å². The molecular formula is C19H23F5N4O3. The van der Waals surface area contributed by atoms with Crippen LogP contribution in [0.3, 0.4) is 0 Å². The highest BCUT2D eigenvalue weighted by atomic mass is 19.4. The van der Waals surface area contributed by atoms with E-state index in [-0.39, 0.29) is 36.9 Å². The van der Waals surface area contributed by atoms with Crippen molar-refractivity contribution < 1.29 is 36.3 Å². The summed E-state index contributed by atoms with van der Waals surface area (Å²) in [7, 11) is 0. The lowest BCUT2D eigenvalue weighted by Crippen LogP contribution is -2.71. The summed E-state index contributed by atoms with van der Waals surface area (Å²) in [6.45, 7) is 3.75. The Bertz CT molecular complexity index is 829. The van der Waals surface area contributed by atoms with Crippen LogP contribution >= 0.6 is 0 Å². The molecule has 2 aliphatic heterocycles. The lowest BCUT2D eigenvalue weighted by atomic mass is 9.95. The van der Waals surface area contributed by atoms with Gasteiger partial charge in [-0.05, 0) is 23.6 Å². The average Bonchev–Trinajstić information content (AvgIpc) is 2.63. The molecular weight excluding hydrogens is 427 g/mol. The summed E-state index contributed by atoms with van der Waals surface area (Å²) in [5.74, 6) is -3.35. The van der Waals surface area contributed by atoms with Gasteiger partial charge in [0.25, 0.3) is 0 Å². The van der Waals surface area contributed by atoms with Crippen LogP contribution in [0.2, 0.25) is 0 Å². The predicted octanol–water partition coefficient (Wildman–Crippen LogP) is 1.95. The molecule has 0 bridgehead atoms. The number of hydrogen-bond donors (Lipinski definition) is 3. The van der Waals surface area contributed by atoms with Gasteiger partial charge in [0.05, 0.1) is 18.5 Å². The van der Waals surface area contributed by atoms with Crippen molar-refractivity contribution in [3.8, 4) is 5.75 Å². The van der Waals surface area contributed by atoms with E-state index in [0.29, 0.717) is 0 Å². The number of alkyl halides is 4. The summed E-state index contributed by atoms with van der Waals surface area (Å²) in [5, 5.41) is 8.30. The van der Waals surface area contributed by atoms with Crippen LogP contribution in [0.5, 0.6) is 5.75 Å². The zero-order chi connectivity index (χ0) is 22.9. The van der Waals surface area contributed by atoms with E-state index in [2.05, 4.69) is 20.7 Å². The Morgan fingerprint density at radius 3 is 2.52 bits per heavy atom. The quantitative estimate of drug-likeness (QED) is 0.578. The van der Waals surface area contributed by atoms with Gasteiger partial charge < -0.3 is 15.4 Å². The van der Waals surface area contributed by atoms with E-state index in [1.807, 2.05) is 0 Å². The SMILES string of the molecule is CC(C)[C@@H](NC(=O)C1CC(=O)NC(N2CC(F)C2)N1)c1ccc(OC(F)(F)F)c(F)c1. The van der Waals surface area contributed by atoms with E-state index in [4.69, 9.17) is 0 Å². The topological polar surface area (TPSA) is 82.7 Å². The Kier molecular flexibility index (Phi) is 6.70. The van der Waals surface area contributed by atoms with Crippen LogP contribution in [-0.2, 0) is 9.59 Å². The molecule has 3 N–H and O–H groups in total. The molecule has 2 saturated heterocycles. The van der Waals surface area contributed by atoms with Crippen molar-refractivity contribution in [2.24, 2.45) is 5.92 Å². The molecule has 2 unspecified atom stereocenters. The molecule has 12 heteroatoms. The Labute approximate surface area is 175 Å². The third-order valence-corrected chi connectivity index (χ3v) is 5.10. The molecule has 0 saturated carbocycles. The molecule has 31 heavy (non-hydrogen) atoms. The van der Waals surface area contributed by atoms with Crippen LogP contribution in [0.15, 0.2) is 18.2 Å². The normalized spacial score (nSPS) is 23.8. The van der Waals surface area contributed by atoms with Gasteiger partial charge in [0.1, 0.15) is 12.5 Å². The molecule has 7 nitrogen and oxygen atoms in total. The van der Waals surface area contributed by atoms with Gasteiger partial charge in [-0.3, -0.25) is 19.8 Å². The number of nitrogens with zero attached hydrogens (tertiary/aromatic N) is 1. The average molecular weight is 450 g/mol. The standard InChI is InChI=1S/C19H23F5N4O3/c1-9(2)16(10-3-4-14(12(21)5-10)31-19(22,23)24)27-17(30)13-6-15(29)26-18(25-13)28-7-11(20)8-28/h3-5,9,11,13,16,18,25H,6-8H2,1-2H3,(H,26,29)(H,27,30)/t13?,16-,18?/m1/s1. The van der Waals surface area contributed by atoms with Crippen molar-refractivity contribution in [2.45, 2.75) is 51.2 Å². The maximum atomic E-state index is 14.1.